The fourth-order valence-corrected chi connectivity index (χ4v) is 3.42. The summed E-state index contributed by atoms with van der Waals surface area (Å²) in [7, 11) is -2.32. The van der Waals surface area contributed by atoms with Gasteiger partial charge in [-0.15, -0.1) is 0 Å². The summed E-state index contributed by atoms with van der Waals surface area (Å²) < 4.78 is 30.0. The lowest BCUT2D eigenvalue weighted by molar-refractivity contribution is 0.103. The number of hydrogen-bond acceptors (Lipinski definition) is 5. The molecule has 1 saturated carbocycles. The average Bonchev–Trinajstić information content (AvgIpc) is 3.24. The monoisotopic (exact) mass is 388 g/mol. The molecule has 1 aliphatic carbocycles. The molecule has 1 heterocycles. The van der Waals surface area contributed by atoms with Gasteiger partial charge in [-0.1, -0.05) is 28.4 Å². The number of hydrogen-bond donors (Lipinski definition) is 0. The summed E-state index contributed by atoms with van der Waals surface area (Å²) in [5.74, 6) is 0.312. The van der Waals surface area contributed by atoms with Crippen molar-refractivity contribution in [2.75, 3.05) is 17.6 Å². The number of nitrogens with zero attached hydrogens (tertiary/aromatic N) is 2. The molecular weight excluding hydrogens is 375 g/mol. The Kier molecular flexibility index (Phi) is 4.36. The molecule has 2 aromatic rings. The Bertz CT molecular complexity index is 920. The minimum absolute atomic E-state index is 0.000123. The van der Waals surface area contributed by atoms with E-state index < -0.39 is 15.8 Å². The Morgan fingerprint density at radius 1 is 1.29 bits per heavy atom. The van der Waals surface area contributed by atoms with Crippen LogP contribution >= 0.6 is 23.2 Å². The van der Waals surface area contributed by atoms with Crippen LogP contribution in [0, 0.1) is 0 Å². The van der Waals surface area contributed by atoms with Gasteiger partial charge in [-0.25, -0.2) is 8.42 Å². The maximum Gasteiger partial charge on any atom is 0.232 e. The maximum atomic E-state index is 13.0. The van der Waals surface area contributed by atoms with E-state index in [-0.39, 0.29) is 27.2 Å². The Labute approximate surface area is 149 Å². The molecule has 0 atom stereocenters. The first-order chi connectivity index (χ1) is 11.2. The topological polar surface area (TPSA) is 80.5 Å². The second-order valence-electron chi connectivity index (χ2n) is 5.70. The Morgan fingerprint density at radius 3 is 2.54 bits per heavy atom. The standard InChI is InChI=1S/C15H14Cl2N2O4S/c1-19(24(2,21)22)13-9(5-6-11(16)12(13)17)14(20)10-7-18-23-15(10)8-3-4-8/h5-8H,3-4H2,1-2H3. The number of aromatic nitrogens is 1. The SMILES string of the molecule is CN(c1c(C(=O)c2cnoc2C2CC2)ccc(Cl)c1Cl)S(C)(=O)=O. The molecule has 3 rings (SSSR count). The zero-order chi connectivity index (χ0) is 17.6. The normalized spacial score (nSPS) is 14.7. The van der Waals surface area contributed by atoms with Gasteiger partial charge in [0.2, 0.25) is 10.0 Å². The third-order valence-electron chi connectivity index (χ3n) is 3.92. The summed E-state index contributed by atoms with van der Waals surface area (Å²) in [6, 6.07) is 2.91. The lowest BCUT2D eigenvalue weighted by Crippen LogP contribution is -2.27. The van der Waals surface area contributed by atoms with Crippen LogP contribution in [0.3, 0.4) is 0 Å². The second kappa shape index (κ2) is 6.06. The van der Waals surface area contributed by atoms with Gasteiger partial charge >= 0.3 is 0 Å². The van der Waals surface area contributed by atoms with Crippen molar-refractivity contribution < 1.29 is 17.7 Å². The number of rotatable bonds is 5. The zero-order valence-electron chi connectivity index (χ0n) is 12.9. The largest absolute Gasteiger partial charge is 0.360 e. The van der Waals surface area contributed by atoms with Gasteiger partial charge in [0.05, 0.1) is 33.7 Å². The van der Waals surface area contributed by atoms with Crippen LogP contribution in [0.2, 0.25) is 10.0 Å². The molecule has 9 heteroatoms. The Morgan fingerprint density at radius 2 is 1.96 bits per heavy atom. The van der Waals surface area contributed by atoms with Gasteiger partial charge in [-0.3, -0.25) is 9.10 Å². The molecule has 0 unspecified atom stereocenters. The molecule has 0 bridgehead atoms. The van der Waals surface area contributed by atoms with Gasteiger partial charge < -0.3 is 4.52 Å². The highest BCUT2D eigenvalue weighted by Crippen LogP contribution is 2.43. The number of sulfonamides is 1. The van der Waals surface area contributed by atoms with Crippen molar-refractivity contribution in [1.82, 2.24) is 5.16 Å². The van der Waals surface area contributed by atoms with Crippen LogP contribution in [0.25, 0.3) is 0 Å². The minimum atomic E-state index is -3.64. The van der Waals surface area contributed by atoms with E-state index in [1.165, 1.54) is 25.4 Å². The smallest absolute Gasteiger partial charge is 0.232 e. The summed E-state index contributed by atoms with van der Waals surface area (Å²) >= 11 is 12.2. The number of anilines is 1. The van der Waals surface area contributed by atoms with Crippen molar-refractivity contribution in [2.45, 2.75) is 18.8 Å². The van der Waals surface area contributed by atoms with Gasteiger partial charge in [0.1, 0.15) is 0 Å². The first-order valence-corrected chi connectivity index (χ1v) is 9.73. The van der Waals surface area contributed by atoms with Crippen molar-refractivity contribution in [3.63, 3.8) is 0 Å². The molecule has 1 aromatic carbocycles. The summed E-state index contributed by atoms with van der Waals surface area (Å²) in [5.41, 5.74) is 0.487. The molecule has 24 heavy (non-hydrogen) atoms. The highest BCUT2D eigenvalue weighted by molar-refractivity contribution is 7.92. The van der Waals surface area contributed by atoms with Crippen LogP contribution in [0.15, 0.2) is 22.9 Å². The van der Waals surface area contributed by atoms with E-state index in [2.05, 4.69) is 5.16 Å². The number of halogens is 2. The van der Waals surface area contributed by atoms with Crippen LogP contribution in [-0.2, 0) is 10.0 Å². The predicted octanol–water partition coefficient (Wildman–Crippen LogP) is 3.49. The quantitative estimate of drug-likeness (QED) is 0.732. The summed E-state index contributed by atoms with van der Waals surface area (Å²) in [6.45, 7) is 0. The van der Waals surface area contributed by atoms with Crippen LogP contribution in [-0.4, -0.2) is 32.7 Å². The molecule has 0 aliphatic heterocycles. The molecule has 128 valence electrons. The molecule has 0 radical (unpaired) electrons. The highest BCUT2D eigenvalue weighted by Gasteiger charge is 2.34. The van der Waals surface area contributed by atoms with Gasteiger partial charge in [-0.2, -0.15) is 0 Å². The summed E-state index contributed by atoms with van der Waals surface area (Å²) in [4.78, 5) is 13.0. The van der Waals surface area contributed by atoms with E-state index in [0.29, 0.717) is 11.3 Å². The van der Waals surface area contributed by atoms with Crippen molar-refractivity contribution in [3.05, 3.63) is 45.3 Å². The average molecular weight is 389 g/mol. The number of carbonyl (C=O) groups is 1. The van der Waals surface area contributed by atoms with Gasteiger partial charge in [0.15, 0.2) is 11.5 Å². The van der Waals surface area contributed by atoms with Crippen molar-refractivity contribution in [3.8, 4) is 0 Å². The van der Waals surface area contributed by atoms with E-state index in [0.717, 1.165) is 23.4 Å². The van der Waals surface area contributed by atoms with Crippen LogP contribution < -0.4 is 4.31 Å². The fraction of sp³-hybridized carbons (Fsp3) is 0.333. The number of ketones is 1. The first-order valence-electron chi connectivity index (χ1n) is 7.13. The van der Waals surface area contributed by atoms with E-state index in [4.69, 9.17) is 27.7 Å². The van der Waals surface area contributed by atoms with E-state index in [1.54, 1.807) is 0 Å². The molecule has 1 aliphatic rings. The maximum absolute atomic E-state index is 13.0. The van der Waals surface area contributed by atoms with Crippen molar-refractivity contribution in [2.24, 2.45) is 0 Å². The third-order valence-corrected chi connectivity index (χ3v) is 5.89. The number of benzene rings is 1. The second-order valence-corrected chi connectivity index (χ2v) is 8.49. The summed E-state index contributed by atoms with van der Waals surface area (Å²) in [5, 5.41) is 3.87. The molecule has 6 nitrogen and oxygen atoms in total. The molecule has 1 fully saturated rings. The minimum Gasteiger partial charge on any atom is -0.360 e. The lowest BCUT2D eigenvalue weighted by Gasteiger charge is -2.21. The summed E-state index contributed by atoms with van der Waals surface area (Å²) in [6.07, 6.45) is 4.25. The molecule has 0 spiro atoms. The Hall–Kier alpha value is -1.57. The van der Waals surface area contributed by atoms with Crippen LogP contribution in [0.5, 0.6) is 0 Å². The fourth-order valence-electron chi connectivity index (χ4n) is 2.40. The molecular formula is C15H14Cl2N2O4S. The van der Waals surface area contributed by atoms with E-state index in [1.807, 2.05) is 0 Å². The number of carbonyl (C=O) groups excluding carboxylic acids is 1. The van der Waals surface area contributed by atoms with Crippen molar-refractivity contribution in [1.29, 1.82) is 0 Å². The van der Waals surface area contributed by atoms with E-state index >= 15 is 0 Å². The van der Waals surface area contributed by atoms with Gasteiger partial charge in [0.25, 0.3) is 0 Å². The zero-order valence-corrected chi connectivity index (χ0v) is 15.2. The molecule has 1 aromatic heterocycles. The first kappa shape index (κ1) is 17.3. The van der Waals surface area contributed by atoms with Crippen molar-refractivity contribution >= 4 is 44.7 Å². The van der Waals surface area contributed by atoms with Crippen LogP contribution in [0.1, 0.15) is 40.4 Å². The third kappa shape index (κ3) is 3.03. The molecule has 0 amide bonds. The van der Waals surface area contributed by atoms with E-state index in [9.17, 15) is 13.2 Å². The molecule has 0 N–H and O–H groups in total. The Balaban J connectivity index is 2.15. The highest BCUT2D eigenvalue weighted by atomic mass is 35.5. The van der Waals surface area contributed by atoms with Gasteiger partial charge in [-0.05, 0) is 25.0 Å². The van der Waals surface area contributed by atoms with Crippen LogP contribution in [0.4, 0.5) is 5.69 Å². The van der Waals surface area contributed by atoms with Gasteiger partial charge in [0, 0.05) is 18.5 Å². The lowest BCUT2D eigenvalue weighted by atomic mass is 10.0. The predicted molar refractivity (Wildman–Crippen MR) is 91.6 cm³/mol. The molecule has 0 saturated heterocycles.